The van der Waals surface area contributed by atoms with Crippen LogP contribution < -0.4 is 4.90 Å². The molecule has 2 aromatic carbocycles. The Morgan fingerprint density at radius 1 is 0.970 bits per heavy atom. The average molecular weight is 498 g/mol. The number of thiazole rings is 1. The highest BCUT2D eigenvalue weighted by molar-refractivity contribution is 7.14. The van der Waals surface area contributed by atoms with Crippen molar-refractivity contribution < 1.29 is 4.79 Å². The normalized spacial score (nSPS) is 14.0. The fourth-order valence-corrected chi connectivity index (χ4v) is 5.27. The van der Waals surface area contributed by atoms with Crippen molar-refractivity contribution in [3.63, 3.8) is 0 Å². The van der Waals surface area contributed by atoms with Crippen molar-refractivity contribution in [1.29, 1.82) is 0 Å². The van der Waals surface area contributed by atoms with Crippen molar-refractivity contribution in [3.8, 4) is 16.9 Å². The fourth-order valence-electron chi connectivity index (χ4n) is 3.90. The van der Waals surface area contributed by atoms with Crippen molar-refractivity contribution in [2.75, 3.05) is 31.1 Å². The Balaban J connectivity index is 1.28. The van der Waals surface area contributed by atoms with Gasteiger partial charge in [0, 0.05) is 42.1 Å². The van der Waals surface area contributed by atoms with Gasteiger partial charge in [-0.05, 0) is 31.2 Å². The zero-order valence-electron chi connectivity index (χ0n) is 17.9. The lowest BCUT2D eigenvalue weighted by molar-refractivity contribution is 0.0746. The molecule has 9 heteroatoms. The molecule has 0 aliphatic carbocycles. The van der Waals surface area contributed by atoms with Gasteiger partial charge in [-0.2, -0.15) is 5.10 Å². The molecule has 0 saturated carbocycles. The Morgan fingerprint density at radius 2 is 1.67 bits per heavy atom. The first kappa shape index (κ1) is 21.9. The van der Waals surface area contributed by atoms with Gasteiger partial charge in [0.05, 0.1) is 22.6 Å². The summed E-state index contributed by atoms with van der Waals surface area (Å²) in [5.74, 6) is -0.0830. The van der Waals surface area contributed by atoms with E-state index in [0.29, 0.717) is 47.6 Å². The Labute approximate surface area is 206 Å². The molecular weight excluding hydrogens is 477 g/mol. The molecule has 33 heavy (non-hydrogen) atoms. The maximum Gasteiger partial charge on any atom is 0.259 e. The van der Waals surface area contributed by atoms with E-state index in [1.54, 1.807) is 16.0 Å². The van der Waals surface area contributed by atoms with Crippen molar-refractivity contribution in [1.82, 2.24) is 19.7 Å². The van der Waals surface area contributed by atoms with Gasteiger partial charge in [0.25, 0.3) is 5.91 Å². The number of halogens is 2. The van der Waals surface area contributed by atoms with Gasteiger partial charge in [-0.3, -0.25) is 4.79 Å². The van der Waals surface area contributed by atoms with E-state index in [0.717, 1.165) is 22.1 Å². The zero-order valence-corrected chi connectivity index (χ0v) is 20.2. The number of rotatable bonds is 4. The number of carbonyl (C=O) groups excluding carboxylic acids is 1. The highest BCUT2D eigenvalue weighted by Crippen LogP contribution is 2.30. The molecule has 1 aliphatic rings. The molecule has 1 amide bonds. The number of hydrogen-bond donors (Lipinski definition) is 0. The molecule has 0 bridgehead atoms. The first-order valence-corrected chi connectivity index (χ1v) is 12.2. The minimum Gasteiger partial charge on any atom is -0.345 e. The monoisotopic (exact) mass is 497 g/mol. The van der Waals surface area contributed by atoms with Crippen LogP contribution in [-0.2, 0) is 0 Å². The van der Waals surface area contributed by atoms with E-state index in [2.05, 4.69) is 15.4 Å². The number of anilines is 1. The smallest absolute Gasteiger partial charge is 0.259 e. The largest absolute Gasteiger partial charge is 0.345 e. The van der Waals surface area contributed by atoms with E-state index in [1.165, 1.54) is 0 Å². The van der Waals surface area contributed by atoms with Crippen molar-refractivity contribution in [3.05, 3.63) is 81.4 Å². The first-order valence-electron chi connectivity index (χ1n) is 10.6. The number of amides is 1. The van der Waals surface area contributed by atoms with E-state index in [4.69, 9.17) is 28.2 Å². The second-order valence-corrected chi connectivity index (χ2v) is 9.43. The number of piperazine rings is 1. The average Bonchev–Trinajstić information content (AvgIpc) is 3.45. The summed E-state index contributed by atoms with van der Waals surface area (Å²) in [5.41, 5.74) is 3.89. The summed E-state index contributed by atoms with van der Waals surface area (Å²) in [5, 5.41) is 8.57. The topological polar surface area (TPSA) is 54.3 Å². The lowest BCUT2D eigenvalue weighted by atomic mass is 10.2. The van der Waals surface area contributed by atoms with E-state index in [1.807, 2.05) is 66.4 Å². The van der Waals surface area contributed by atoms with Crippen LogP contribution in [0.2, 0.25) is 10.2 Å². The molecule has 6 nitrogen and oxygen atoms in total. The highest BCUT2D eigenvalue weighted by Gasteiger charge is 2.29. The molecule has 0 unspecified atom stereocenters. The predicted molar refractivity (Wildman–Crippen MR) is 134 cm³/mol. The molecular formula is C24H21Cl2N5OS. The Bertz CT molecular complexity index is 1280. The summed E-state index contributed by atoms with van der Waals surface area (Å²) >= 11 is 14.2. The Kier molecular flexibility index (Phi) is 6.10. The van der Waals surface area contributed by atoms with Crippen LogP contribution in [0.25, 0.3) is 16.9 Å². The number of aryl methyl sites for hydroxylation is 1. The van der Waals surface area contributed by atoms with E-state index < -0.39 is 0 Å². The van der Waals surface area contributed by atoms with E-state index in [9.17, 15) is 4.79 Å². The van der Waals surface area contributed by atoms with Crippen molar-refractivity contribution in [2.24, 2.45) is 0 Å². The number of para-hydroxylation sites is 1. The SMILES string of the molecule is Cc1nn(-c2ccccc2)c(Cl)c1C(=O)N1CCN(c2nc(-c3ccc(Cl)cc3)cs2)CC1. The Hall–Kier alpha value is -2.87. The van der Waals surface area contributed by atoms with Crippen LogP contribution in [0.4, 0.5) is 5.13 Å². The van der Waals surface area contributed by atoms with Crippen molar-refractivity contribution in [2.45, 2.75) is 6.92 Å². The standard InChI is InChI=1S/C24H21Cl2N5OS/c1-16-21(22(26)31(28-16)19-5-3-2-4-6-19)23(32)29-11-13-30(14-12-29)24-27-20(15-33-24)17-7-9-18(25)10-8-17/h2-10,15H,11-14H2,1H3. The molecule has 1 aliphatic heterocycles. The lowest BCUT2D eigenvalue weighted by Crippen LogP contribution is -2.49. The van der Waals surface area contributed by atoms with Gasteiger partial charge in [0.1, 0.15) is 5.15 Å². The Morgan fingerprint density at radius 3 is 2.36 bits per heavy atom. The van der Waals surface area contributed by atoms with Crippen LogP contribution in [0.3, 0.4) is 0 Å². The predicted octanol–water partition coefficient (Wildman–Crippen LogP) is 5.57. The highest BCUT2D eigenvalue weighted by atomic mass is 35.5. The molecule has 168 valence electrons. The van der Waals surface area contributed by atoms with Gasteiger partial charge >= 0.3 is 0 Å². The summed E-state index contributed by atoms with van der Waals surface area (Å²) in [4.78, 5) is 22.1. The summed E-state index contributed by atoms with van der Waals surface area (Å²) in [6.07, 6.45) is 0. The minimum absolute atomic E-state index is 0.0830. The molecule has 0 atom stereocenters. The second-order valence-electron chi connectivity index (χ2n) is 7.80. The van der Waals surface area contributed by atoms with Gasteiger partial charge in [-0.25, -0.2) is 9.67 Å². The molecule has 0 N–H and O–H groups in total. The van der Waals surface area contributed by atoms with Crippen LogP contribution in [0.5, 0.6) is 0 Å². The number of nitrogens with zero attached hydrogens (tertiary/aromatic N) is 5. The molecule has 1 fully saturated rings. The maximum absolute atomic E-state index is 13.3. The first-order chi connectivity index (χ1) is 16.0. The summed E-state index contributed by atoms with van der Waals surface area (Å²) < 4.78 is 1.62. The van der Waals surface area contributed by atoms with Crippen LogP contribution in [-0.4, -0.2) is 51.8 Å². The minimum atomic E-state index is -0.0830. The summed E-state index contributed by atoms with van der Waals surface area (Å²) in [6, 6.07) is 17.3. The third-order valence-corrected chi connectivity index (χ3v) is 7.19. The lowest BCUT2D eigenvalue weighted by Gasteiger charge is -2.34. The van der Waals surface area contributed by atoms with Crippen LogP contribution in [0.15, 0.2) is 60.0 Å². The quantitative estimate of drug-likeness (QED) is 0.369. The van der Waals surface area contributed by atoms with Crippen molar-refractivity contribution >= 4 is 45.6 Å². The van der Waals surface area contributed by atoms with Crippen LogP contribution in [0.1, 0.15) is 16.1 Å². The molecule has 1 saturated heterocycles. The maximum atomic E-state index is 13.3. The molecule has 0 radical (unpaired) electrons. The van der Waals surface area contributed by atoms with Crippen LogP contribution in [0, 0.1) is 6.92 Å². The van der Waals surface area contributed by atoms with Gasteiger partial charge in [0.2, 0.25) is 0 Å². The fraction of sp³-hybridized carbons (Fsp3) is 0.208. The molecule has 4 aromatic rings. The van der Waals surface area contributed by atoms with Gasteiger partial charge < -0.3 is 9.80 Å². The molecule has 3 heterocycles. The number of carbonyl (C=O) groups is 1. The number of hydrogen-bond acceptors (Lipinski definition) is 5. The second kappa shape index (κ2) is 9.17. The molecule has 0 spiro atoms. The number of benzene rings is 2. The van der Waals surface area contributed by atoms with E-state index >= 15 is 0 Å². The third-order valence-electron chi connectivity index (χ3n) is 5.69. The zero-order chi connectivity index (χ0) is 22.9. The van der Waals surface area contributed by atoms with Gasteiger partial charge in [-0.1, -0.05) is 53.5 Å². The number of aromatic nitrogens is 3. The summed E-state index contributed by atoms with van der Waals surface area (Å²) in [6.45, 7) is 4.44. The summed E-state index contributed by atoms with van der Waals surface area (Å²) in [7, 11) is 0. The van der Waals surface area contributed by atoms with Crippen LogP contribution >= 0.6 is 34.5 Å². The van der Waals surface area contributed by atoms with E-state index in [-0.39, 0.29) is 5.91 Å². The third kappa shape index (κ3) is 4.36. The molecule has 5 rings (SSSR count). The van der Waals surface area contributed by atoms with Gasteiger partial charge in [-0.15, -0.1) is 11.3 Å². The molecule has 2 aromatic heterocycles. The van der Waals surface area contributed by atoms with Gasteiger partial charge in [0.15, 0.2) is 5.13 Å².